The fraction of sp³-hybridized carbons (Fsp3) is 0.500. The van der Waals surface area contributed by atoms with E-state index in [9.17, 15) is 0 Å². The Morgan fingerprint density at radius 1 is 0.941 bits per heavy atom. The van der Waals surface area contributed by atoms with E-state index >= 15 is 0 Å². The van der Waals surface area contributed by atoms with Gasteiger partial charge in [-0.15, -0.1) is 0 Å². The molecule has 0 saturated heterocycles. The Morgan fingerprint density at radius 3 is 2.06 bits per heavy atom. The Morgan fingerprint density at radius 2 is 1.53 bits per heavy atom. The molecule has 0 bridgehead atoms. The Labute approximate surface area is 102 Å². The molecule has 1 aromatic rings. The monoisotopic (exact) mass is 241 g/mol. The Balaban J connectivity index is 2.93. The first-order valence-corrected chi connectivity index (χ1v) is 5.40. The largest absolute Gasteiger partial charge is 0.496 e. The maximum absolute atomic E-state index is 5.29. The summed E-state index contributed by atoms with van der Waals surface area (Å²) in [5.41, 5.74) is 3.78. The first-order valence-electron chi connectivity index (χ1n) is 5.40. The van der Waals surface area contributed by atoms with Crippen molar-refractivity contribution >= 4 is 0 Å². The Bertz CT molecular complexity index is 355. The zero-order chi connectivity index (χ0) is 12.7. The van der Waals surface area contributed by atoms with Crippen LogP contribution in [0.2, 0.25) is 0 Å². The van der Waals surface area contributed by atoms with E-state index in [0.717, 1.165) is 11.3 Å². The first-order chi connectivity index (χ1) is 8.26. The molecule has 0 spiro atoms. The summed E-state index contributed by atoms with van der Waals surface area (Å²) in [6.07, 6.45) is 0. The van der Waals surface area contributed by atoms with Gasteiger partial charge >= 0.3 is 0 Å². The third-order valence-corrected chi connectivity index (χ3v) is 2.30. The predicted molar refractivity (Wildman–Crippen MR) is 64.6 cm³/mol. The van der Waals surface area contributed by atoms with Crippen molar-refractivity contribution in [3.8, 4) is 17.2 Å². The van der Waals surface area contributed by atoms with Crippen molar-refractivity contribution in [1.82, 2.24) is 5.48 Å². The van der Waals surface area contributed by atoms with E-state index in [1.54, 1.807) is 27.4 Å². The van der Waals surface area contributed by atoms with Gasteiger partial charge in [-0.2, -0.15) is 5.48 Å². The summed E-state index contributed by atoms with van der Waals surface area (Å²) in [6, 6.07) is 3.66. The molecule has 0 aliphatic carbocycles. The van der Waals surface area contributed by atoms with Gasteiger partial charge in [0.1, 0.15) is 5.75 Å². The van der Waals surface area contributed by atoms with Crippen LogP contribution in [0.25, 0.3) is 0 Å². The van der Waals surface area contributed by atoms with Crippen LogP contribution in [0.1, 0.15) is 12.5 Å². The molecule has 0 fully saturated rings. The Kier molecular flexibility index (Phi) is 5.59. The van der Waals surface area contributed by atoms with Crippen LogP contribution in [-0.2, 0) is 11.4 Å². The van der Waals surface area contributed by atoms with Gasteiger partial charge in [-0.1, -0.05) is 0 Å². The molecule has 1 rings (SSSR count). The predicted octanol–water partition coefficient (Wildman–Crippen LogP) is 1.75. The average Bonchev–Trinajstić information content (AvgIpc) is 2.38. The van der Waals surface area contributed by atoms with Crippen molar-refractivity contribution in [3.05, 3.63) is 17.7 Å². The van der Waals surface area contributed by atoms with Crippen molar-refractivity contribution < 1.29 is 19.0 Å². The second-order valence-electron chi connectivity index (χ2n) is 3.27. The molecule has 5 heteroatoms. The van der Waals surface area contributed by atoms with Crippen LogP contribution in [0.5, 0.6) is 17.2 Å². The minimum absolute atomic E-state index is 0.539. The minimum Gasteiger partial charge on any atom is -0.496 e. The lowest BCUT2D eigenvalue weighted by molar-refractivity contribution is 0.0458. The van der Waals surface area contributed by atoms with Gasteiger partial charge in [0.15, 0.2) is 11.5 Å². The number of methoxy groups -OCH3 is 3. The van der Waals surface area contributed by atoms with Crippen LogP contribution in [0.4, 0.5) is 0 Å². The van der Waals surface area contributed by atoms with Crippen LogP contribution >= 0.6 is 0 Å². The standard InChI is InChI=1S/C12H19NO4/c1-5-17-13-8-9-6-11(15-3)12(16-4)7-10(9)14-2/h6-7,13H,5,8H2,1-4H3. The van der Waals surface area contributed by atoms with Gasteiger partial charge in [-0.05, 0) is 13.0 Å². The second kappa shape index (κ2) is 6.98. The fourth-order valence-electron chi connectivity index (χ4n) is 1.46. The highest BCUT2D eigenvalue weighted by atomic mass is 16.6. The number of ether oxygens (including phenoxy) is 3. The SMILES string of the molecule is CCONCc1cc(OC)c(OC)cc1OC. The molecular formula is C12H19NO4. The number of hydroxylamine groups is 1. The molecule has 0 amide bonds. The van der Waals surface area contributed by atoms with Gasteiger partial charge in [-0.3, -0.25) is 0 Å². The molecule has 0 aliphatic rings. The van der Waals surface area contributed by atoms with Crippen molar-refractivity contribution in [2.45, 2.75) is 13.5 Å². The lowest BCUT2D eigenvalue weighted by Crippen LogP contribution is -2.14. The summed E-state index contributed by atoms with van der Waals surface area (Å²) in [5.74, 6) is 2.04. The zero-order valence-electron chi connectivity index (χ0n) is 10.7. The van der Waals surface area contributed by atoms with Crippen LogP contribution < -0.4 is 19.7 Å². The second-order valence-corrected chi connectivity index (χ2v) is 3.27. The molecule has 0 atom stereocenters. The molecule has 5 nitrogen and oxygen atoms in total. The number of rotatable bonds is 7. The number of hydrogen-bond donors (Lipinski definition) is 1. The van der Waals surface area contributed by atoms with Gasteiger partial charge in [0, 0.05) is 18.2 Å². The minimum atomic E-state index is 0.539. The topological polar surface area (TPSA) is 49.0 Å². The first kappa shape index (κ1) is 13.6. The molecule has 0 unspecified atom stereocenters. The summed E-state index contributed by atoms with van der Waals surface area (Å²) in [6.45, 7) is 3.06. The number of nitrogens with one attached hydrogen (secondary N) is 1. The highest BCUT2D eigenvalue weighted by Crippen LogP contribution is 2.34. The summed E-state index contributed by atoms with van der Waals surface area (Å²) < 4.78 is 15.7. The summed E-state index contributed by atoms with van der Waals surface area (Å²) in [5, 5.41) is 0. The highest BCUT2D eigenvalue weighted by Gasteiger charge is 2.11. The van der Waals surface area contributed by atoms with E-state index in [4.69, 9.17) is 19.0 Å². The lowest BCUT2D eigenvalue weighted by Gasteiger charge is -2.14. The van der Waals surface area contributed by atoms with Crippen molar-refractivity contribution in [3.63, 3.8) is 0 Å². The highest BCUT2D eigenvalue weighted by molar-refractivity contribution is 5.50. The van der Waals surface area contributed by atoms with Crippen LogP contribution in [0, 0.1) is 0 Å². The molecule has 0 saturated carbocycles. The van der Waals surface area contributed by atoms with Gasteiger partial charge in [-0.25, -0.2) is 0 Å². The molecule has 1 aromatic carbocycles. The average molecular weight is 241 g/mol. The van der Waals surface area contributed by atoms with Gasteiger partial charge in [0.2, 0.25) is 0 Å². The molecule has 0 radical (unpaired) electrons. The fourth-order valence-corrected chi connectivity index (χ4v) is 1.46. The summed E-state index contributed by atoms with van der Waals surface area (Å²) >= 11 is 0. The van der Waals surface area contributed by atoms with E-state index in [-0.39, 0.29) is 0 Å². The molecule has 96 valence electrons. The molecule has 0 aliphatic heterocycles. The maximum atomic E-state index is 5.29. The third-order valence-electron chi connectivity index (χ3n) is 2.30. The molecule has 17 heavy (non-hydrogen) atoms. The number of benzene rings is 1. The smallest absolute Gasteiger partial charge is 0.164 e. The van der Waals surface area contributed by atoms with E-state index < -0.39 is 0 Å². The van der Waals surface area contributed by atoms with Crippen LogP contribution in [0.15, 0.2) is 12.1 Å². The van der Waals surface area contributed by atoms with Gasteiger partial charge < -0.3 is 19.0 Å². The van der Waals surface area contributed by atoms with Gasteiger partial charge in [0.05, 0.1) is 27.9 Å². The molecule has 0 heterocycles. The van der Waals surface area contributed by atoms with E-state index in [1.807, 2.05) is 13.0 Å². The van der Waals surface area contributed by atoms with Crippen LogP contribution in [-0.4, -0.2) is 27.9 Å². The summed E-state index contributed by atoms with van der Waals surface area (Å²) in [4.78, 5) is 5.09. The van der Waals surface area contributed by atoms with Crippen molar-refractivity contribution in [2.75, 3.05) is 27.9 Å². The normalized spacial score (nSPS) is 10.1. The van der Waals surface area contributed by atoms with E-state index in [0.29, 0.717) is 24.7 Å². The van der Waals surface area contributed by atoms with Gasteiger partial charge in [0.25, 0.3) is 0 Å². The van der Waals surface area contributed by atoms with Crippen molar-refractivity contribution in [1.29, 1.82) is 0 Å². The Hall–Kier alpha value is -1.46. The van der Waals surface area contributed by atoms with E-state index in [2.05, 4.69) is 5.48 Å². The van der Waals surface area contributed by atoms with Crippen molar-refractivity contribution in [2.24, 2.45) is 0 Å². The maximum Gasteiger partial charge on any atom is 0.164 e. The molecule has 0 aromatic heterocycles. The van der Waals surface area contributed by atoms with Crippen LogP contribution in [0.3, 0.4) is 0 Å². The zero-order valence-corrected chi connectivity index (χ0v) is 10.7. The summed E-state index contributed by atoms with van der Waals surface area (Å²) in [7, 11) is 4.81. The number of hydrogen-bond acceptors (Lipinski definition) is 5. The van der Waals surface area contributed by atoms with E-state index in [1.165, 1.54) is 0 Å². The molecular weight excluding hydrogens is 222 g/mol. The molecule has 1 N–H and O–H groups in total. The third kappa shape index (κ3) is 3.51. The lowest BCUT2D eigenvalue weighted by atomic mass is 10.1. The quantitative estimate of drug-likeness (QED) is 0.582.